The maximum absolute atomic E-state index is 12.7. The van der Waals surface area contributed by atoms with E-state index in [0.29, 0.717) is 10.2 Å². The molecule has 0 atom stereocenters. The van der Waals surface area contributed by atoms with Crippen LogP contribution in [0.4, 0.5) is 10.5 Å². The Morgan fingerprint density at radius 2 is 1.60 bits per heavy atom. The first kappa shape index (κ1) is 24.4. The van der Waals surface area contributed by atoms with Crippen LogP contribution >= 0.6 is 15.9 Å². The fourth-order valence-electron chi connectivity index (χ4n) is 4.22. The molecule has 1 aliphatic rings. The molecule has 180 valence electrons. The number of ether oxygens (including phenoxy) is 1. The van der Waals surface area contributed by atoms with Gasteiger partial charge in [-0.15, -0.1) is 0 Å². The summed E-state index contributed by atoms with van der Waals surface area (Å²) in [6.45, 7) is -0.916. The number of aliphatic hydroxyl groups is 1. The van der Waals surface area contributed by atoms with Crippen LogP contribution in [-0.2, 0) is 9.53 Å². The average molecular weight is 539 g/mol. The molecule has 0 bridgehead atoms. The summed E-state index contributed by atoms with van der Waals surface area (Å²) in [5, 5.41) is 20.9. The molecular formula is C26H23BrN2O6. The van der Waals surface area contributed by atoms with Crippen LogP contribution in [0.3, 0.4) is 0 Å². The molecule has 4 rings (SSSR count). The van der Waals surface area contributed by atoms with E-state index in [1.165, 1.54) is 12.1 Å². The lowest BCUT2D eigenvalue weighted by Gasteiger charge is -2.20. The van der Waals surface area contributed by atoms with Gasteiger partial charge in [-0.2, -0.15) is 0 Å². The standard InChI is InChI=1S/C26H23BrN2O6/c27-22-10-9-16(25(33)29(11-12-30)14-24(31)32)13-23(22)28-26(34)35-15-21-19-7-3-1-5-17(19)18-6-2-4-8-20(18)21/h1-10,13,21,30H,11-12,14-15H2,(H,28,34)(H,31,32). The van der Waals surface area contributed by atoms with Crippen LogP contribution in [0.15, 0.2) is 71.2 Å². The van der Waals surface area contributed by atoms with Crippen molar-refractivity contribution in [2.24, 2.45) is 0 Å². The Hall–Kier alpha value is -3.69. The van der Waals surface area contributed by atoms with Crippen LogP contribution in [0.1, 0.15) is 27.4 Å². The molecule has 0 fully saturated rings. The van der Waals surface area contributed by atoms with Gasteiger partial charge in [0.25, 0.3) is 5.91 Å². The first-order chi connectivity index (χ1) is 16.9. The number of rotatable bonds is 8. The highest BCUT2D eigenvalue weighted by atomic mass is 79.9. The molecule has 3 N–H and O–H groups in total. The van der Waals surface area contributed by atoms with Crippen molar-refractivity contribution in [1.82, 2.24) is 4.90 Å². The Labute approximate surface area is 210 Å². The quantitative estimate of drug-likeness (QED) is 0.393. The van der Waals surface area contributed by atoms with Gasteiger partial charge in [0.15, 0.2) is 0 Å². The number of aliphatic hydroxyl groups excluding tert-OH is 1. The normalized spacial score (nSPS) is 11.9. The first-order valence-electron chi connectivity index (χ1n) is 10.9. The lowest BCUT2D eigenvalue weighted by molar-refractivity contribution is -0.137. The minimum atomic E-state index is -1.19. The van der Waals surface area contributed by atoms with Gasteiger partial charge in [-0.25, -0.2) is 4.79 Å². The van der Waals surface area contributed by atoms with Crippen molar-refractivity contribution in [2.45, 2.75) is 5.92 Å². The highest BCUT2D eigenvalue weighted by Crippen LogP contribution is 2.44. The summed E-state index contributed by atoms with van der Waals surface area (Å²) in [5.41, 5.74) is 4.90. The third-order valence-electron chi connectivity index (χ3n) is 5.78. The number of carbonyl (C=O) groups excluding carboxylic acids is 2. The minimum Gasteiger partial charge on any atom is -0.480 e. The molecule has 0 saturated carbocycles. The number of anilines is 1. The zero-order valence-corrected chi connectivity index (χ0v) is 20.2. The number of benzene rings is 3. The van der Waals surface area contributed by atoms with Gasteiger partial charge < -0.3 is 19.8 Å². The van der Waals surface area contributed by atoms with E-state index in [2.05, 4.69) is 33.4 Å². The number of carboxylic acids is 1. The van der Waals surface area contributed by atoms with Crippen LogP contribution in [0.25, 0.3) is 11.1 Å². The first-order valence-corrected chi connectivity index (χ1v) is 11.7. The molecule has 0 unspecified atom stereocenters. The lowest BCUT2D eigenvalue weighted by atomic mass is 9.98. The molecule has 9 heteroatoms. The monoisotopic (exact) mass is 538 g/mol. The second kappa shape index (κ2) is 10.7. The third-order valence-corrected chi connectivity index (χ3v) is 6.47. The highest BCUT2D eigenvalue weighted by molar-refractivity contribution is 9.10. The van der Waals surface area contributed by atoms with Gasteiger partial charge in [-0.05, 0) is 56.4 Å². The lowest BCUT2D eigenvalue weighted by Crippen LogP contribution is -2.37. The van der Waals surface area contributed by atoms with Crippen molar-refractivity contribution in [3.63, 3.8) is 0 Å². The fraction of sp³-hybridized carbons (Fsp3) is 0.192. The van der Waals surface area contributed by atoms with Crippen LogP contribution in [-0.4, -0.2) is 59.4 Å². The number of aliphatic carboxylic acids is 1. The zero-order chi connectivity index (χ0) is 24.9. The Morgan fingerprint density at radius 1 is 0.971 bits per heavy atom. The third kappa shape index (κ3) is 5.36. The van der Waals surface area contributed by atoms with Crippen LogP contribution in [0.2, 0.25) is 0 Å². The predicted molar refractivity (Wildman–Crippen MR) is 133 cm³/mol. The van der Waals surface area contributed by atoms with Gasteiger partial charge in [0.05, 0.1) is 12.3 Å². The van der Waals surface area contributed by atoms with Crippen LogP contribution in [0, 0.1) is 0 Å². The molecule has 0 saturated heterocycles. The molecule has 0 aliphatic heterocycles. The molecule has 35 heavy (non-hydrogen) atoms. The Kier molecular flexibility index (Phi) is 7.48. The van der Waals surface area contributed by atoms with E-state index >= 15 is 0 Å². The summed E-state index contributed by atoms with van der Waals surface area (Å²) in [6.07, 6.45) is -0.685. The summed E-state index contributed by atoms with van der Waals surface area (Å²) < 4.78 is 6.08. The van der Waals surface area contributed by atoms with Gasteiger partial charge in [-0.1, -0.05) is 48.5 Å². The van der Waals surface area contributed by atoms with E-state index < -0.39 is 24.5 Å². The summed E-state index contributed by atoms with van der Waals surface area (Å²) in [7, 11) is 0. The van der Waals surface area contributed by atoms with E-state index in [-0.39, 0.29) is 31.2 Å². The smallest absolute Gasteiger partial charge is 0.411 e. The zero-order valence-electron chi connectivity index (χ0n) is 18.6. The van der Waals surface area contributed by atoms with Crippen molar-refractivity contribution >= 4 is 39.6 Å². The largest absolute Gasteiger partial charge is 0.480 e. The Bertz CT molecular complexity index is 1230. The van der Waals surface area contributed by atoms with Crippen LogP contribution in [0.5, 0.6) is 0 Å². The second-order valence-electron chi connectivity index (χ2n) is 7.99. The van der Waals surface area contributed by atoms with Crippen LogP contribution < -0.4 is 5.32 Å². The number of halogens is 1. The summed E-state index contributed by atoms with van der Waals surface area (Å²) in [5.74, 6) is -1.86. The molecule has 3 aromatic carbocycles. The fourth-order valence-corrected chi connectivity index (χ4v) is 4.56. The van der Waals surface area contributed by atoms with Crippen molar-refractivity contribution in [3.8, 4) is 11.1 Å². The number of nitrogens with one attached hydrogen (secondary N) is 1. The molecule has 2 amide bonds. The predicted octanol–water partition coefficient (Wildman–Crippen LogP) is 4.33. The van der Waals surface area contributed by atoms with Crippen molar-refractivity contribution in [3.05, 3.63) is 87.9 Å². The van der Waals surface area contributed by atoms with E-state index in [1.54, 1.807) is 6.07 Å². The minimum absolute atomic E-state index is 0.0902. The van der Waals surface area contributed by atoms with Crippen molar-refractivity contribution in [1.29, 1.82) is 0 Å². The average Bonchev–Trinajstić information content (AvgIpc) is 3.17. The maximum atomic E-state index is 12.7. The Morgan fingerprint density at radius 3 is 2.20 bits per heavy atom. The van der Waals surface area contributed by atoms with E-state index in [1.807, 2.05) is 36.4 Å². The number of fused-ring (bicyclic) bond motifs is 3. The number of carbonyl (C=O) groups is 3. The number of carboxylic acid groups (broad SMARTS) is 1. The van der Waals surface area contributed by atoms with E-state index in [4.69, 9.17) is 14.9 Å². The van der Waals surface area contributed by atoms with Crippen molar-refractivity contribution in [2.75, 3.05) is 31.6 Å². The topological polar surface area (TPSA) is 116 Å². The molecule has 8 nitrogen and oxygen atoms in total. The second-order valence-corrected chi connectivity index (χ2v) is 8.84. The molecule has 0 spiro atoms. The number of amides is 2. The SMILES string of the molecule is O=C(O)CN(CCO)C(=O)c1ccc(Br)c(NC(=O)OCC2c3ccccc3-c3ccccc32)c1. The molecule has 3 aromatic rings. The highest BCUT2D eigenvalue weighted by Gasteiger charge is 2.29. The molecule has 1 aliphatic carbocycles. The molecule has 0 radical (unpaired) electrons. The molecule has 0 aromatic heterocycles. The maximum Gasteiger partial charge on any atom is 0.411 e. The van der Waals surface area contributed by atoms with Gasteiger partial charge in [-0.3, -0.25) is 14.9 Å². The van der Waals surface area contributed by atoms with Gasteiger partial charge in [0.2, 0.25) is 0 Å². The summed E-state index contributed by atoms with van der Waals surface area (Å²) >= 11 is 3.35. The van der Waals surface area contributed by atoms with E-state index in [9.17, 15) is 14.4 Å². The van der Waals surface area contributed by atoms with Gasteiger partial charge in [0, 0.05) is 22.5 Å². The van der Waals surface area contributed by atoms with Gasteiger partial charge in [0.1, 0.15) is 13.2 Å². The van der Waals surface area contributed by atoms with Gasteiger partial charge >= 0.3 is 12.1 Å². The molecular weight excluding hydrogens is 516 g/mol. The number of hydrogen-bond donors (Lipinski definition) is 3. The summed E-state index contributed by atoms with van der Waals surface area (Å²) in [4.78, 5) is 37.5. The number of hydrogen-bond acceptors (Lipinski definition) is 5. The Balaban J connectivity index is 1.46. The van der Waals surface area contributed by atoms with Crippen molar-refractivity contribution < 1.29 is 29.3 Å². The van der Waals surface area contributed by atoms with E-state index in [0.717, 1.165) is 27.2 Å². The molecule has 0 heterocycles. The summed E-state index contributed by atoms with van der Waals surface area (Å²) in [6, 6.07) is 20.6. The number of nitrogens with zero attached hydrogens (tertiary/aromatic N) is 1.